The van der Waals surface area contributed by atoms with Crippen LogP contribution in [0.15, 0.2) is 12.3 Å². The summed E-state index contributed by atoms with van der Waals surface area (Å²) in [4.78, 5) is 4.22. The number of pyridine rings is 1. The van der Waals surface area contributed by atoms with E-state index in [1.807, 2.05) is 26.1 Å². The summed E-state index contributed by atoms with van der Waals surface area (Å²) < 4.78 is 5.57. The van der Waals surface area contributed by atoms with E-state index in [0.717, 1.165) is 11.4 Å². The fourth-order valence-corrected chi connectivity index (χ4v) is 1.36. The Hall–Kier alpha value is -1.05. The van der Waals surface area contributed by atoms with E-state index in [-0.39, 0.29) is 0 Å². The van der Waals surface area contributed by atoms with Crippen LogP contribution in [-0.2, 0) is 0 Å². The number of aryl methyl sites for hydroxylation is 1. The average molecular weight is 179 g/mol. The lowest BCUT2D eigenvalue weighted by Gasteiger charge is -2.14. The molecule has 72 valence electrons. The Bertz CT molecular complexity index is 281. The van der Waals surface area contributed by atoms with Gasteiger partial charge in [0.05, 0.1) is 12.3 Å². The first-order valence-electron chi connectivity index (χ1n) is 4.75. The second-order valence-corrected chi connectivity index (χ2v) is 3.40. The van der Waals surface area contributed by atoms with Gasteiger partial charge in [-0.3, -0.25) is 4.98 Å². The predicted octanol–water partition coefficient (Wildman–Crippen LogP) is 2.91. The summed E-state index contributed by atoms with van der Waals surface area (Å²) in [5.41, 5.74) is 2.22. The number of hydrogen-bond acceptors (Lipinski definition) is 2. The van der Waals surface area contributed by atoms with E-state index in [4.69, 9.17) is 4.74 Å². The van der Waals surface area contributed by atoms with Crippen LogP contribution < -0.4 is 4.74 Å². The van der Waals surface area contributed by atoms with Crippen LogP contribution in [0.1, 0.15) is 37.9 Å². The van der Waals surface area contributed by atoms with Crippen molar-refractivity contribution in [3.63, 3.8) is 0 Å². The van der Waals surface area contributed by atoms with Gasteiger partial charge in [0.1, 0.15) is 5.75 Å². The molecule has 2 nitrogen and oxygen atoms in total. The van der Waals surface area contributed by atoms with E-state index >= 15 is 0 Å². The number of nitrogens with zero attached hydrogens (tertiary/aromatic N) is 1. The fourth-order valence-electron chi connectivity index (χ4n) is 1.36. The molecule has 1 rings (SSSR count). The molecule has 0 N–H and O–H groups in total. The Kier molecular flexibility index (Phi) is 3.29. The maximum absolute atomic E-state index is 5.57. The first-order valence-corrected chi connectivity index (χ1v) is 4.75. The molecule has 0 aromatic carbocycles. The molecule has 2 heteroatoms. The second kappa shape index (κ2) is 4.26. The van der Waals surface area contributed by atoms with Crippen LogP contribution in [0, 0.1) is 6.92 Å². The highest BCUT2D eigenvalue weighted by atomic mass is 16.5. The minimum atomic E-state index is 0.489. The fraction of sp³-hybridized carbons (Fsp3) is 0.545. The van der Waals surface area contributed by atoms with Gasteiger partial charge in [-0.05, 0) is 25.8 Å². The highest BCUT2D eigenvalue weighted by molar-refractivity contribution is 5.38. The molecule has 0 saturated heterocycles. The van der Waals surface area contributed by atoms with Crippen LogP contribution in [0.4, 0.5) is 0 Å². The van der Waals surface area contributed by atoms with Crippen molar-refractivity contribution in [2.45, 2.75) is 33.6 Å². The average Bonchev–Trinajstić information content (AvgIpc) is 2.08. The first-order chi connectivity index (χ1) is 6.16. The normalized spacial score (nSPS) is 10.5. The summed E-state index contributed by atoms with van der Waals surface area (Å²) in [6.07, 6.45) is 1.84. The van der Waals surface area contributed by atoms with E-state index < -0.39 is 0 Å². The maximum Gasteiger partial charge on any atom is 0.143 e. The van der Waals surface area contributed by atoms with Crippen molar-refractivity contribution in [2.75, 3.05) is 6.61 Å². The van der Waals surface area contributed by atoms with E-state index in [9.17, 15) is 0 Å². The van der Waals surface area contributed by atoms with Crippen LogP contribution in [0.2, 0.25) is 0 Å². The van der Waals surface area contributed by atoms with Gasteiger partial charge in [-0.25, -0.2) is 0 Å². The molecule has 0 aliphatic rings. The largest absolute Gasteiger partial charge is 0.492 e. The standard InChI is InChI=1S/C11H17NO/c1-5-13-11-9(4)12-7-6-10(11)8(2)3/h6-8H,5H2,1-4H3. The molecule has 0 amide bonds. The Labute approximate surface area is 80.0 Å². The number of ether oxygens (including phenoxy) is 1. The Balaban J connectivity index is 3.09. The van der Waals surface area contributed by atoms with Crippen LogP contribution in [0.3, 0.4) is 0 Å². The van der Waals surface area contributed by atoms with Gasteiger partial charge in [-0.1, -0.05) is 13.8 Å². The van der Waals surface area contributed by atoms with Gasteiger partial charge in [-0.2, -0.15) is 0 Å². The lowest BCUT2D eigenvalue weighted by atomic mass is 10.0. The van der Waals surface area contributed by atoms with Crippen molar-refractivity contribution >= 4 is 0 Å². The number of hydrogen-bond donors (Lipinski definition) is 0. The lowest BCUT2D eigenvalue weighted by Crippen LogP contribution is -2.01. The molecule has 0 atom stereocenters. The molecular weight excluding hydrogens is 162 g/mol. The Morgan fingerprint density at radius 1 is 1.46 bits per heavy atom. The molecule has 0 radical (unpaired) electrons. The van der Waals surface area contributed by atoms with Gasteiger partial charge in [0, 0.05) is 11.8 Å². The Morgan fingerprint density at radius 3 is 2.69 bits per heavy atom. The monoisotopic (exact) mass is 179 g/mol. The molecule has 0 fully saturated rings. The minimum Gasteiger partial charge on any atom is -0.492 e. The third kappa shape index (κ3) is 2.20. The van der Waals surface area contributed by atoms with Crippen LogP contribution in [0.5, 0.6) is 5.75 Å². The summed E-state index contributed by atoms with van der Waals surface area (Å²) in [6.45, 7) is 9.01. The van der Waals surface area contributed by atoms with Crippen molar-refractivity contribution in [2.24, 2.45) is 0 Å². The molecule has 0 aliphatic heterocycles. The zero-order valence-electron chi connectivity index (χ0n) is 8.79. The van der Waals surface area contributed by atoms with E-state index in [1.54, 1.807) is 0 Å². The van der Waals surface area contributed by atoms with Gasteiger partial charge < -0.3 is 4.74 Å². The molecule has 0 saturated carbocycles. The SMILES string of the molecule is CCOc1c(C(C)C)ccnc1C. The highest BCUT2D eigenvalue weighted by Crippen LogP contribution is 2.27. The summed E-state index contributed by atoms with van der Waals surface area (Å²) in [5, 5.41) is 0. The topological polar surface area (TPSA) is 22.1 Å². The van der Waals surface area contributed by atoms with Gasteiger partial charge >= 0.3 is 0 Å². The van der Waals surface area contributed by atoms with Gasteiger partial charge in [-0.15, -0.1) is 0 Å². The molecule has 0 unspecified atom stereocenters. The van der Waals surface area contributed by atoms with E-state index in [0.29, 0.717) is 12.5 Å². The molecular formula is C11H17NO. The molecule has 0 aliphatic carbocycles. The molecule has 1 heterocycles. The summed E-state index contributed by atoms with van der Waals surface area (Å²) in [6, 6.07) is 2.03. The van der Waals surface area contributed by atoms with Crippen molar-refractivity contribution in [3.8, 4) is 5.75 Å². The smallest absolute Gasteiger partial charge is 0.143 e. The highest BCUT2D eigenvalue weighted by Gasteiger charge is 2.09. The quantitative estimate of drug-likeness (QED) is 0.711. The van der Waals surface area contributed by atoms with Crippen molar-refractivity contribution in [1.82, 2.24) is 4.98 Å². The van der Waals surface area contributed by atoms with Gasteiger partial charge in [0.15, 0.2) is 0 Å². The number of aromatic nitrogens is 1. The summed E-state index contributed by atoms with van der Waals surface area (Å²) >= 11 is 0. The van der Waals surface area contributed by atoms with Crippen LogP contribution in [0.25, 0.3) is 0 Å². The Morgan fingerprint density at radius 2 is 2.15 bits per heavy atom. The molecule has 1 aromatic rings. The molecule has 0 bridgehead atoms. The van der Waals surface area contributed by atoms with Crippen molar-refractivity contribution in [1.29, 1.82) is 0 Å². The third-order valence-corrected chi connectivity index (χ3v) is 2.02. The molecule has 13 heavy (non-hydrogen) atoms. The zero-order valence-corrected chi connectivity index (χ0v) is 8.79. The second-order valence-electron chi connectivity index (χ2n) is 3.40. The minimum absolute atomic E-state index is 0.489. The third-order valence-electron chi connectivity index (χ3n) is 2.02. The van der Waals surface area contributed by atoms with E-state index in [1.165, 1.54) is 5.56 Å². The van der Waals surface area contributed by atoms with Crippen LogP contribution in [-0.4, -0.2) is 11.6 Å². The van der Waals surface area contributed by atoms with Crippen molar-refractivity contribution in [3.05, 3.63) is 23.5 Å². The first kappa shape index (κ1) is 10.0. The predicted molar refractivity (Wildman–Crippen MR) is 54.2 cm³/mol. The van der Waals surface area contributed by atoms with Gasteiger partial charge in [0.2, 0.25) is 0 Å². The summed E-state index contributed by atoms with van der Waals surface area (Å²) in [7, 11) is 0. The molecule has 1 aromatic heterocycles. The van der Waals surface area contributed by atoms with E-state index in [2.05, 4.69) is 18.8 Å². The van der Waals surface area contributed by atoms with Crippen LogP contribution >= 0.6 is 0 Å². The van der Waals surface area contributed by atoms with Gasteiger partial charge in [0.25, 0.3) is 0 Å². The maximum atomic E-state index is 5.57. The molecule has 0 spiro atoms. The number of rotatable bonds is 3. The summed E-state index contributed by atoms with van der Waals surface area (Å²) in [5.74, 6) is 1.45. The lowest BCUT2D eigenvalue weighted by molar-refractivity contribution is 0.331. The van der Waals surface area contributed by atoms with Crippen molar-refractivity contribution < 1.29 is 4.74 Å². The zero-order chi connectivity index (χ0) is 9.84.